The second-order valence-electron chi connectivity index (χ2n) is 5.16. The molecule has 0 aromatic heterocycles. The maximum atomic E-state index is 6.43. The summed E-state index contributed by atoms with van der Waals surface area (Å²) in [5.74, 6) is 0.790. The van der Waals surface area contributed by atoms with Crippen molar-refractivity contribution in [1.82, 2.24) is 4.90 Å². The van der Waals surface area contributed by atoms with E-state index in [1.807, 2.05) is 0 Å². The molecule has 0 radical (unpaired) electrons. The molecule has 1 aromatic rings. The van der Waals surface area contributed by atoms with Crippen molar-refractivity contribution in [2.24, 2.45) is 5.92 Å². The fourth-order valence-corrected chi connectivity index (χ4v) is 3.59. The van der Waals surface area contributed by atoms with Gasteiger partial charge >= 0.3 is 0 Å². The Kier molecular flexibility index (Phi) is 2.91. The van der Waals surface area contributed by atoms with Gasteiger partial charge in [0.05, 0.1) is 0 Å². The Labute approximate surface area is 102 Å². The summed E-state index contributed by atoms with van der Waals surface area (Å²) >= 11 is 6.43. The molecule has 0 unspecified atom stereocenters. The van der Waals surface area contributed by atoms with E-state index in [0.717, 1.165) is 25.0 Å². The van der Waals surface area contributed by atoms with E-state index in [1.54, 1.807) is 0 Å². The van der Waals surface area contributed by atoms with E-state index in [0.29, 0.717) is 5.38 Å². The number of hydrogen-bond acceptors (Lipinski definition) is 1. The van der Waals surface area contributed by atoms with Crippen LogP contribution in [0, 0.1) is 5.92 Å². The lowest BCUT2D eigenvalue weighted by molar-refractivity contribution is 0.151. The molecule has 1 aromatic carbocycles. The summed E-state index contributed by atoms with van der Waals surface area (Å²) in [6, 6.07) is 11.5. The van der Waals surface area contributed by atoms with Gasteiger partial charge in [0.2, 0.25) is 0 Å². The van der Waals surface area contributed by atoms with Crippen molar-refractivity contribution in [1.29, 1.82) is 0 Å². The lowest BCUT2D eigenvalue weighted by Crippen LogP contribution is -2.42. The third-order valence-corrected chi connectivity index (χ3v) is 4.61. The molecule has 3 atom stereocenters. The van der Waals surface area contributed by atoms with E-state index < -0.39 is 0 Å². The summed E-state index contributed by atoms with van der Waals surface area (Å²) in [4.78, 5) is 2.58. The molecule has 1 saturated heterocycles. The molecule has 1 saturated carbocycles. The summed E-state index contributed by atoms with van der Waals surface area (Å²) in [5, 5.41) is 0.377. The molecular formula is C14H18ClN. The van der Waals surface area contributed by atoms with E-state index in [2.05, 4.69) is 35.2 Å². The van der Waals surface area contributed by atoms with Crippen LogP contribution in [0.4, 0.5) is 0 Å². The number of halogens is 1. The van der Waals surface area contributed by atoms with Crippen LogP contribution in [0.5, 0.6) is 0 Å². The van der Waals surface area contributed by atoms with Crippen LogP contribution in [0.2, 0.25) is 0 Å². The molecular weight excluding hydrogens is 218 g/mol. The van der Waals surface area contributed by atoms with Crippen LogP contribution >= 0.6 is 11.6 Å². The SMILES string of the molecule is Cl[C@H]1CN(Cc2ccccc2)[C@@H]2CC[C@H]1C2. The van der Waals surface area contributed by atoms with Gasteiger partial charge in [0, 0.05) is 24.5 Å². The Morgan fingerprint density at radius 3 is 2.81 bits per heavy atom. The number of likely N-dealkylation sites (tertiary alicyclic amines) is 1. The van der Waals surface area contributed by atoms with Crippen molar-refractivity contribution in [3.8, 4) is 0 Å². The maximum absolute atomic E-state index is 6.43. The Balaban J connectivity index is 1.71. The van der Waals surface area contributed by atoms with Crippen LogP contribution in [0.3, 0.4) is 0 Å². The summed E-state index contributed by atoms with van der Waals surface area (Å²) < 4.78 is 0. The van der Waals surface area contributed by atoms with Gasteiger partial charge in [-0.3, -0.25) is 4.90 Å². The second kappa shape index (κ2) is 4.38. The molecule has 0 spiro atoms. The van der Waals surface area contributed by atoms with E-state index in [1.165, 1.54) is 24.8 Å². The molecule has 2 bridgehead atoms. The maximum Gasteiger partial charge on any atom is 0.0492 e. The van der Waals surface area contributed by atoms with Crippen molar-refractivity contribution < 1.29 is 0 Å². The fraction of sp³-hybridized carbons (Fsp3) is 0.571. The van der Waals surface area contributed by atoms with Crippen molar-refractivity contribution in [2.75, 3.05) is 6.54 Å². The molecule has 16 heavy (non-hydrogen) atoms. The Hall–Kier alpha value is -0.530. The molecule has 86 valence electrons. The fourth-order valence-electron chi connectivity index (χ4n) is 3.19. The molecule has 1 aliphatic carbocycles. The predicted molar refractivity (Wildman–Crippen MR) is 67.6 cm³/mol. The zero-order valence-corrected chi connectivity index (χ0v) is 10.2. The first-order chi connectivity index (χ1) is 7.83. The molecule has 1 nitrogen and oxygen atoms in total. The zero-order chi connectivity index (χ0) is 11.0. The van der Waals surface area contributed by atoms with Gasteiger partial charge in [-0.25, -0.2) is 0 Å². The highest BCUT2D eigenvalue weighted by Gasteiger charge is 2.39. The van der Waals surface area contributed by atoms with Crippen molar-refractivity contribution in [3.05, 3.63) is 35.9 Å². The molecule has 1 heterocycles. The molecule has 1 aliphatic heterocycles. The van der Waals surface area contributed by atoms with Crippen LogP contribution in [-0.2, 0) is 6.54 Å². The van der Waals surface area contributed by atoms with E-state index in [9.17, 15) is 0 Å². The molecule has 0 N–H and O–H groups in total. The highest BCUT2D eigenvalue weighted by molar-refractivity contribution is 6.21. The van der Waals surface area contributed by atoms with Gasteiger partial charge < -0.3 is 0 Å². The highest BCUT2D eigenvalue weighted by Crippen LogP contribution is 2.39. The first kappa shape index (κ1) is 10.6. The van der Waals surface area contributed by atoms with Gasteiger partial charge in [-0.2, -0.15) is 0 Å². The zero-order valence-electron chi connectivity index (χ0n) is 9.48. The highest BCUT2D eigenvalue weighted by atomic mass is 35.5. The normalized spacial score (nSPS) is 34.2. The van der Waals surface area contributed by atoms with Gasteiger partial charge in [-0.05, 0) is 30.7 Å². The van der Waals surface area contributed by atoms with Gasteiger partial charge in [0.1, 0.15) is 0 Å². The number of benzene rings is 1. The largest absolute Gasteiger partial charge is 0.295 e. The minimum Gasteiger partial charge on any atom is -0.295 e. The van der Waals surface area contributed by atoms with E-state index in [-0.39, 0.29) is 0 Å². The van der Waals surface area contributed by atoms with Gasteiger partial charge in [0.25, 0.3) is 0 Å². The Bertz CT molecular complexity index is 351. The number of alkyl halides is 1. The van der Waals surface area contributed by atoms with Crippen LogP contribution in [0.15, 0.2) is 30.3 Å². The average molecular weight is 236 g/mol. The van der Waals surface area contributed by atoms with Crippen molar-refractivity contribution in [3.63, 3.8) is 0 Å². The minimum absolute atomic E-state index is 0.377. The predicted octanol–water partition coefficient (Wildman–Crippen LogP) is 3.28. The smallest absolute Gasteiger partial charge is 0.0492 e. The minimum atomic E-state index is 0.377. The van der Waals surface area contributed by atoms with Crippen LogP contribution in [-0.4, -0.2) is 22.9 Å². The topological polar surface area (TPSA) is 3.24 Å². The van der Waals surface area contributed by atoms with Crippen molar-refractivity contribution >= 4 is 11.6 Å². The third-order valence-electron chi connectivity index (χ3n) is 4.11. The van der Waals surface area contributed by atoms with Crippen LogP contribution in [0.25, 0.3) is 0 Å². The monoisotopic (exact) mass is 235 g/mol. The standard InChI is InChI=1S/C14H18ClN/c15-14-10-16(13-7-6-12(14)8-13)9-11-4-2-1-3-5-11/h1-5,12-14H,6-10H2/t12-,13+,14-/m0/s1. The average Bonchev–Trinajstić information content (AvgIpc) is 2.73. The molecule has 2 aliphatic rings. The molecule has 2 heteroatoms. The lowest BCUT2D eigenvalue weighted by atomic mass is 9.98. The molecule has 2 fully saturated rings. The summed E-state index contributed by atoms with van der Waals surface area (Å²) in [6.45, 7) is 2.15. The Morgan fingerprint density at radius 2 is 2.00 bits per heavy atom. The first-order valence-electron chi connectivity index (χ1n) is 6.25. The Morgan fingerprint density at radius 1 is 1.19 bits per heavy atom. The summed E-state index contributed by atoms with van der Waals surface area (Å²) in [5.41, 5.74) is 1.41. The number of fused-ring (bicyclic) bond motifs is 2. The first-order valence-corrected chi connectivity index (χ1v) is 6.68. The van der Waals surface area contributed by atoms with Gasteiger partial charge in [-0.1, -0.05) is 30.3 Å². The lowest BCUT2D eigenvalue weighted by Gasteiger charge is -2.36. The quantitative estimate of drug-likeness (QED) is 0.712. The van der Waals surface area contributed by atoms with Crippen LogP contribution < -0.4 is 0 Å². The van der Waals surface area contributed by atoms with E-state index >= 15 is 0 Å². The number of piperidine rings is 1. The second-order valence-corrected chi connectivity index (χ2v) is 5.72. The van der Waals surface area contributed by atoms with Gasteiger partial charge in [-0.15, -0.1) is 11.6 Å². The van der Waals surface area contributed by atoms with Crippen molar-refractivity contribution in [2.45, 2.75) is 37.2 Å². The third kappa shape index (κ3) is 1.99. The summed E-state index contributed by atoms with van der Waals surface area (Å²) in [7, 11) is 0. The molecule has 3 rings (SSSR count). The number of nitrogens with zero attached hydrogens (tertiary/aromatic N) is 1. The molecule has 0 amide bonds. The number of hydrogen-bond donors (Lipinski definition) is 0. The van der Waals surface area contributed by atoms with Crippen LogP contribution in [0.1, 0.15) is 24.8 Å². The summed E-state index contributed by atoms with van der Waals surface area (Å²) in [6.07, 6.45) is 4.01. The van der Waals surface area contributed by atoms with E-state index in [4.69, 9.17) is 11.6 Å². The number of rotatable bonds is 2. The van der Waals surface area contributed by atoms with Gasteiger partial charge in [0.15, 0.2) is 0 Å².